The molecule has 1 rings (SSSR count). The van der Waals surface area contributed by atoms with Crippen LogP contribution in [0.1, 0.15) is 43.9 Å². The molecule has 0 aliphatic rings. The van der Waals surface area contributed by atoms with Gasteiger partial charge >= 0.3 is 5.97 Å². The van der Waals surface area contributed by atoms with Crippen LogP contribution in [0.25, 0.3) is 0 Å². The second kappa shape index (κ2) is 11.1. The standard InChI is InChI=1S/C18H27FN4O4S/c1-5-13(16(24)23-15(9(2)3)18(26)27)22-17(25)14-7-11(19)6-12(21-14)8-20-10(4)28/h5-7,9-10,15-16,20,23-24,28H,8H2,1-4H3,(H,22,25)(H,26,27)/b13-5-/t10?,15-,16?/m0/s1. The molecule has 156 valence electrons. The van der Waals surface area contributed by atoms with Gasteiger partial charge < -0.3 is 20.8 Å². The van der Waals surface area contributed by atoms with Gasteiger partial charge in [0.05, 0.1) is 11.4 Å². The average Bonchev–Trinajstić information content (AvgIpc) is 2.60. The maximum atomic E-state index is 13.8. The highest BCUT2D eigenvalue weighted by Gasteiger charge is 2.26. The Morgan fingerprint density at radius 1 is 1.32 bits per heavy atom. The molecule has 0 radical (unpaired) electrons. The van der Waals surface area contributed by atoms with Crippen LogP contribution in [-0.2, 0) is 11.3 Å². The van der Waals surface area contributed by atoms with Crippen LogP contribution in [0.4, 0.5) is 4.39 Å². The third-order valence-corrected chi connectivity index (χ3v) is 3.97. The number of pyridine rings is 1. The van der Waals surface area contributed by atoms with Gasteiger partial charge in [-0.15, -0.1) is 0 Å². The first-order valence-corrected chi connectivity index (χ1v) is 9.29. The summed E-state index contributed by atoms with van der Waals surface area (Å²) in [7, 11) is 0. The van der Waals surface area contributed by atoms with Crippen LogP contribution < -0.4 is 16.0 Å². The lowest BCUT2D eigenvalue weighted by molar-refractivity contribution is -0.141. The van der Waals surface area contributed by atoms with Crippen LogP contribution >= 0.6 is 12.6 Å². The Morgan fingerprint density at radius 3 is 2.46 bits per heavy atom. The lowest BCUT2D eigenvalue weighted by Gasteiger charge is -2.24. The number of carboxylic acid groups (broad SMARTS) is 1. The number of thiol groups is 1. The predicted molar refractivity (Wildman–Crippen MR) is 106 cm³/mol. The van der Waals surface area contributed by atoms with Crippen LogP contribution in [-0.4, -0.2) is 44.7 Å². The molecule has 0 saturated carbocycles. The largest absolute Gasteiger partial charge is 0.480 e. The Balaban J connectivity index is 2.90. The zero-order chi connectivity index (χ0) is 21.4. The number of hydrogen-bond donors (Lipinski definition) is 6. The molecule has 5 N–H and O–H groups in total. The van der Waals surface area contributed by atoms with Crippen molar-refractivity contribution in [1.29, 1.82) is 0 Å². The van der Waals surface area contributed by atoms with Crippen molar-refractivity contribution in [1.82, 2.24) is 20.9 Å². The van der Waals surface area contributed by atoms with E-state index in [9.17, 15) is 24.2 Å². The Labute approximate surface area is 169 Å². The van der Waals surface area contributed by atoms with Gasteiger partial charge in [0.1, 0.15) is 23.8 Å². The minimum absolute atomic E-state index is 0.0339. The normalized spacial score (nSPS) is 15.2. The van der Waals surface area contributed by atoms with Gasteiger partial charge in [0, 0.05) is 18.0 Å². The van der Waals surface area contributed by atoms with Crippen molar-refractivity contribution in [2.75, 3.05) is 0 Å². The number of aliphatic carboxylic acids is 1. The van der Waals surface area contributed by atoms with Crippen molar-refractivity contribution in [3.63, 3.8) is 0 Å². The molecule has 10 heteroatoms. The third-order valence-electron chi connectivity index (χ3n) is 3.79. The number of carbonyl (C=O) groups is 2. The monoisotopic (exact) mass is 414 g/mol. The first kappa shape index (κ1) is 24.0. The van der Waals surface area contributed by atoms with E-state index in [2.05, 4.69) is 33.6 Å². The highest BCUT2D eigenvalue weighted by atomic mass is 32.1. The van der Waals surface area contributed by atoms with Crippen molar-refractivity contribution in [2.24, 2.45) is 5.92 Å². The zero-order valence-corrected chi connectivity index (χ0v) is 17.1. The molecule has 0 aromatic carbocycles. The molecular formula is C18H27FN4O4S. The molecule has 1 aromatic heterocycles. The van der Waals surface area contributed by atoms with Gasteiger partial charge in [0.2, 0.25) is 0 Å². The fourth-order valence-corrected chi connectivity index (χ4v) is 2.40. The second-order valence-electron chi connectivity index (χ2n) is 6.55. The molecule has 1 aromatic rings. The molecule has 0 bridgehead atoms. The summed E-state index contributed by atoms with van der Waals surface area (Å²) in [6.07, 6.45) is -0.0173. The Hall–Kier alpha value is -2.01. The average molecular weight is 415 g/mol. The zero-order valence-electron chi connectivity index (χ0n) is 16.2. The summed E-state index contributed by atoms with van der Waals surface area (Å²) in [5.41, 5.74) is 0.179. The number of nitrogens with one attached hydrogen (secondary N) is 3. The van der Waals surface area contributed by atoms with Crippen molar-refractivity contribution >= 4 is 24.5 Å². The number of carboxylic acids is 1. The molecule has 3 atom stereocenters. The predicted octanol–water partition coefficient (Wildman–Crippen LogP) is 1.24. The number of allylic oxidation sites excluding steroid dienone is 1. The molecule has 1 amide bonds. The van der Waals surface area contributed by atoms with Crippen LogP contribution in [0.2, 0.25) is 0 Å². The summed E-state index contributed by atoms with van der Waals surface area (Å²) in [6.45, 7) is 6.95. The summed E-state index contributed by atoms with van der Waals surface area (Å²) < 4.78 is 13.8. The van der Waals surface area contributed by atoms with Gasteiger partial charge in [-0.2, -0.15) is 12.6 Å². The van der Waals surface area contributed by atoms with E-state index < -0.39 is 30.0 Å². The topological polar surface area (TPSA) is 124 Å². The Morgan fingerprint density at radius 2 is 1.96 bits per heavy atom. The molecule has 0 saturated heterocycles. The molecule has 0 fully saturated rings. The van der Waals surface area contributed by atoms with Crippen LogP contribution in [0.5, 0.6) is 0 Å². The van der Waals surface area contributed by atoms with E-state index in [-0.39, 0.29) is 29.2 Å². The molecule has 28 heavy (non-hydrogen) atoms. The number of aromatic nitrogens is 1. The number of halogens is 1. The first-order valence-electron chi connectivity index (χ1n) is 8.77. The van der Waals surface area contributed by atoms with Gasteiger partial charge in [-0.05, 0) is 25.8 Å². The van der Waals surface area contributed by atoms with Crippen molar-refractivity contribution < 1.29 is 24.2 Å². The van der Waals surface area contributed by atoms with E-state index >= 15 is 0 Å². The maximum Gasteiger partial charge on any atom is 0.321 e. The molecule has 0 aliphatic heterocycles. The summed E-state index contributed by atoms with van der Waals surface area (Å²) >= 11 is 4.16. The Bertz CT molecular complexity index is 728. The van der Waals surface area contributed by atoms with E-state index in [1.165, 1.54) is 12.1 Å². The summed E-state index contributed by atoms with van der Waals surface area (Å²) in [5.74, 6) is -2.78. The molecular weight excluding hydrogens is 387 g/mol. The SMILES string of the molecule is C/C=C(\NC(=O)c1cc(F)cc(CNC(C)S)n1)C(O)N[C@H](C(=O)O)C(C)C. The number of carbonyl (C=O) groups excluding carboxylic acids is 1. The molecule has 2 unspecified atom stereocenters. The fraction of sp³-hybridized carbons (Fsp3) is 0.500. The van der Waals surface area contributed by atoms with Crippen molar-refractivity contribution in [3.05, 3.63) is 41.1 Å². The quantitative estimate of drug-likeness (QED) is 0.251. The van der Waals surface area contributed by atoms with Crippen molar-refractivity contribution in [3.8, 4) is 0 Å². The summed E-state index contributed by atoms with van der Waals surface area (Å²) in [5, 5.41) is 27.3. The van der Waals surface area contributed by atoms with E-state index in [0.717, 1.165) is 6.07 Å². The van der Waals surface area contributed by atoms with E-state index in [4.69, 9.17) is 0 Å². The number of rotatable bonds is 10. The van der Waals surface area contributed by atoms with E-state index in [0.29, 0.717) is 5.69 Å². The van der Waals surface area contributed by atoms with Gasteiger partial charge in [-0.25, -0.2) is 9.37 Å². The van der Waals surface area contributed by atoms with Crippen molar-refractivity contribution in [2.45, 2.75) is 51.9 Å². The van der Waals surface area contributed by atoms with E-state index in [1.54, 1.807) is 27.7 Å². The lowest BCUT2D eigenvalue weighted by atomic mass is 10.0. The van der Waals surface area contributed by atoms with E-state index in [1.807, 2.05) is 0 Å². The highest BCUT2D eigenvalue weighted by molar-refractivity contribution is 7.80. The van der Waals surface area contributed by atoms with Crippen LogP contribution in [0.15, 0.2) is 23.9 Å². The third kappa shape index (κ3) is 7.55. The lowest BCUT2D eigenvalue weighted by Crippen LogP contribution is -2.49. The van der Waals surface area contributed by atoms with Gasteiger partial charge in [0.15, 0.2) is 0 Å². The number of aliphatic hydroxyl groups is 1. The number of aliphatic hydroxyl groups excluding tert-OH is 1. The fourth-order valence-electron chi connectivity index (χ4n) is 2.31. The second-order valence-corrected chi connectivity index (χ2v) is 7.32. The highest BCUT2D eigenvalue weighted by Crippen LogP contribution is 2.09. The molecule has 1 heterocycles. The number of nitrogens with zero attached hydrogens (tertiary/aromatic N) is 1. The minimum atomic E-state index is -1.43. The molecule has 0 spiro atoms. The number of hydrogen-bond acceptors (Lipinski definition) is 7. The van der Waals surface area contributed by atoms with Crippen LogP contribution in [0.3, 0.4) is 0 Å². The Kier molecular flexibility index (Phi) is 9.53. The number of amides is 1. The van der Waals surface area contributed by atoms with Crippen LogP contribution in [0, 0.1) is 11.7 Å². The molecule has 0 aliphatic carbocycles. The van der Waals surface area contributed by atoms with Gasteiger partial charge in [-0.3, -0.25) is 14.9 Å². The smallest absolute Gasteiger partial charge is 0.321 e. The summed E-state index contributed by atoms with van der Waals surface area (Å²) in [6, 6.07) is 1.16. The minimum Gasteiger partial charge on any atom is -0.480 e. The first-order chi connectivity index (χ1) is 13.0. The van der Waals surface area contributed by atoms with Gasteiger partial charge in [0.25, 0.3) is 5.91 Å². The maximum absolute atomic E-state index is 13.8. The molecule has 8 nitrogen and oxygen atoms in total. The van der Waals surface area contributed by atoms with Gasteiger partial charge in [-0.1, -0.05) is 19.9 Å². The summed E-state index contributed by atoms with van der Waals surface area (Å²) in [4.78, 5) is 27.8.